The van der Waals surface area contributed by atoms with E-state index in [4.69, 9.17) is 25.4 Å². The summed E-state index contributed by atoms with van der Waals surface area (Å²) >= 11 is 0. The van der Waals surface area contributed by atoms with Gasteiger partial charge in [-0.1, -0.05) is 43.2 Å². The lowest BCUT2D eigenvalue weighted by Gasteiger charge is -2.48. The van der Waals surface area contributed by atoms with Crippen LogP contribution in [0, 0.1) is 17.8 Å². The molecule has 5 heterocycles. The molecule has 57 heavy (non-hydrogen) atoms. The van der Waals surface area contributed by atoms with Gasteiger partial charge in [-0.3, -0.25) is 4.79 Å². The van der Waals surface area contributed by atoms with Crippen LogP contribution in [-0.2, 0) is 22.6 Å². The Morgan fingerprint density at radius 2 is 2.07 bits per heavy atom. The number of esters is 1. The molecule has 0 aliphatic carbocycles. The Balaban J connectivity index is 1.55. The van der Waals surface area contributed by atoms with E-state index in [2.05, 4.69) is 27.8 Å². The number of hydrogen-bond donors (Lipinski definition) is 8. The second-order valence-corrected chi connectivity index (χ2v) is 14.9. The second kappa shape index (κ2) is 16.3. The number of hydrogen-bond acceptors (Lipinski definition) is 13. The Labute approximate surface area is 330 Å². The number of nitrogens with one attached hydrogen (secondary N) is 3. The minimum atomic E-state index is -1.27. The van der Waals surface area contributed by atoms with E-state index in [1.807, 2.05) is 44.3 Å². The van der Waals surface area contributed by atoms with Gasteiger partial charge in [0, 0.05) is 66.7 Å². The molecule has 0 fully saturated rings. The van der Waals surface area contributed by atoms with E-state index in [-0.39, 0.29) is 58.7 Å². The second-order valence-electron chi connectivity index (χ2n) is 14.9. The highest BCUT2D eigenvalue weighted by Gasteiger charge is 2.52. The molecule has 0 saturated heterocycles. The lowest BCUT2D eigenvalue weighted by Crippen LogP contribution is -2.56. The fraction of sp³-hybridized carbons (Fsp3) is 0.364. The maximum atomic E-state index is 14.0. The zero-order chi connectivity index (χ0) is 40.4. The number of carbonyl (C=O) groups excluding carboxylic acids is 1. The molecule has 3 aromatic rings. The number of phenolic OH excluding ortho intramolecular Hbond substituents is 2. The number of nitrogens with two attached hydrogens (primary N) is 2. The van der Waals surface area contributed by atoms with Crippen LogP contribution in [0.25, 0.3) is 11.0 Å². The predicted octanol–water partition coefficient (Wildman–Crippen LogP) is 3.80. The van der Waals surface area contributed by atoms with Crippen LogP contribution in [0.15, 0.2) is 98.7 Å². The maximum absolute atomic E-state index is 14.0. The summed E-state index contributed by atoms with van der Waals surface area (Å²) < 4.78 is 20.1. The van der Waals surface area contributed by atoms with E-state index < -0.39 is 47.5 Å². The van der Waals surface area contributed by atoms with Gasteiger partial charge in [0.2, 0.25) is 0 Å². The lowest BCUT2D eigenvalue weighted by atomic mass is 9.70. The first-order chi connectivity index (χ1) is 27.4. The molecule has 10 N–H and O–H groups in total. The Kier molecular flexibility index (Phi) is 11.2. The first-order valence-corrected chi connectivity index (χ1v) is 19.2. The van der Waals surface area contributed by atoms with Crippen molar-refractivity contribution in [2.24, 2.45) is 17.4 Å². The number of rotatable bonds is 10. The van der Waals surface area contributed by atoms with Gasteiger partial charge in [-0.2, -0.15) is 0 Å². The van der Waals surface area contributed by atoms with Gasteiger partial charge in [0.1, 0.15) is 52.3 Å². The van der Waals surface area contributed by atoms with E-state index in [1.54, 1.807) is 37.3 Å². The highest BCUT2D eigenvalue weighted by molar-refractivity contribution is 5.92. The fourth-order valence-corrected chi connectivity index (χ4v) is 8.19. The number of aliphatic hydroxyl groups excluding tert-OH is 1. The summed E-state index contributed by atoms with van der Waals surface area (Å²) in [6.07, 6.45) is 10.5. The number of likely N-dealkylation sites (N-methyl/N-ethyl adjacent to an activating group) is 1. The smallest absolute Gasteiger partial charge is 0.335 e. The van der Waals surface area contributed by atoms with Crippen LogP contribution < -0.4 is 37.6 Å². The highest BCUT2D eigenvalue weighted by Crippen LogP contribution is 2.55. The third-order valence-corrected chi connectivity index (χ3v) is 11.3. The molecule has 13 heteroatoms. The molecule has 2 aromatic carbocycles. The number of phenols is 2. The summed E-state index contributed by atoms with van der Waals surface area (Å²) in [5.74, 6) is 4.93. The van der Waals surface area contributed by atoms with Crippen molar-refractivity contribution in [2.75, 3.05) is 19.6 Å². The van der Waals surface area contributed by atoms with Crippen LogP contribution in [0.1, 0.15) is 67.9 Å². The fourth-order valence-electron chi connectivity index (χ4n) is 8.19. The molecule has 0 radical (unpaired) electrons. The Morgan fingerprint density at radius 3 is 2.77 bits per heavy atom. The number of aliphatic hydroxyl groups is 1. The number of benzene rings is 2. The largest absolute Gasteiger partial charge is 0.508 e. The minimum Gasteiger partial charge on any atom is -0.508 e. The number of carbonyl (C=O) groups is 1. The zero-order valence-corrected chi connectivity index (χ0v) is 32.2. The normalized spacial score (nSPS) is 25.4. The summed E-state index contributed by atoms with van der Waals surface area (Å²) in [4.78, 5) is 27.9. The van der Waals surface area contributed by atoms with Gasteiger partial charge >= 0.3 is 5.97 Å². The molecule has 4 aliphatic heterocycles. The highest BCUT2D eigenvalue weighted by atomic mass is 16.6. The van der Waals surface area contributed by atoms with Crippen LogP contribution in [0.4, 0.5) is 0 Å². The van der Waals surface area contributed by atoms with Crippen molar-refractivity contribution < 1.29 is 34.0 Å². The molecule has 6 atom stereocenters. The lowest BCUT2D eigenvalue weighted by molar-refractivity contribution is -0.164. The summed E-state index contributed by atoms with van der Waals surface area (Å²) in [6, 6.07) is 7.98. The van der Waals surface area contributed by atoms with Gasteiger partial charge in [0.05, 0.1) is 17.9 Å². The first-order valence-electron chi connectivity index (χ1n) is 19.2. The molecule has 298 valence electrons. The van der Waals surface area contributed by atoms with E-state index >= 15 is 0 Å². The van der Waals surface area contributed by atoms with E-state index in [0.29, 0.717) is 48.5 Å². The Hall–Kier alpha value is -5.94. The predicted molar refractivity (Wildman–Crippen MR) is 216 cm³/mol. The number of dihydropyridines is 2. The van der Waals surface area contributed by atoms with Crippen molar-refractivity contribution in [1.29, 1.82) is 0 Å². The minimum absolute atomic E-state index is 0.0130. The SMILES string of the molecule is C/C=C(/CNCC)C(=O)O[C@@H]1Cc2c3c(c4oc(CO)cc(=O)c4c2O)[C@@H](C2=CCNC(N)=C2)[C@@H](c2cccc(O)c2)C#CC[C@@H](CC2=CNC(N)C=C2)[C@]1(C)O3. The maximum Gasteiger partial charge on any atom is 0.335 e. The molecule has 2 bridgehead atoms. The molecule has 4 aliphatic rings. The summed E-state index contributed by atoms with van der Waals surface area (Å²) in [5, 5.41) is 42.6. The molecule has 0 spiro atoms. The third-order valence-electron chi connectivity index (χ3n) is 11.3. The van der Waals surface area contributed by atoms with Gasteiger partial charge in [-0.05, 0) is 67.8 Å². The van der Waals surface area contributed by atoms with Crippen LogP contribution in [-0.4, -0.2) is 58.8 Å². The topological polar surface area (TPSA) is 215 Å². The van der Waals surface area contributed by atoms with Gasteiger partial charge in [0.25, 0.3) is 0 Å². The average Bonchev–Trinajstić information content (AvgIpc) is 3.19. The first kappa shape index (κ1) is 39.3. The summed E-state index contributed by atoms with van der Waals surface area (Å²) in [6.45, 7) is 6.35. The molecular weight excluding hydrogens is 727 g/mol. The molecule has 1 unspecified atom stereocenters. The van der Waals surface area contributed by atoms with Crippen LogP contribution in [0.3, 0.4) is 0 Å². The number of fused-ring (bicyclic) bond motifs is 3. The standard InChI is InChI=1S/C44H49N5O8/c1-4-25(22-47-5-2)43(54)56-34-20-32-40(53)38-33(52)19-30(23-50)55-42(38)39-37(27-14-15-48-36(46)18-27)31(26-8-6-10-29(51)17-26)11-7-9-28(44(34,3)57-41(32)39)16-24-12-13-35(45)49-21-24/h4,6,8,10,12-14,17-19,21,28,31,34-35,37,47-51,53H,5,9,15-16,20,22-23,45-46H2,1-3H3/b25-4-/t28-,31+,34+,35?,37-,44-/m0/s1. The average molecular weight is 776 g/mol. The molecule has 13 nitrogen and oxygen atoms in total. The van der Waals surface area contributed by atoms with E-state index in [1.165, 1.54) is 0 Å². The molecule has 0 saturated carbocycles. The number of allylic oxidation sites excluding steroid dienone is 5. The molecule has 1 aromatic heterocycles. The molecular formula is C44H49N5O8. The Morgan fingerprint density at radius 1 is 1.25 bits per heavy atom. The monoisotopic (exact) mass is 775 g/mol. The van der Waals surface area contributed by atoms with Crippen LogP contribution >= 0.6 is 0 Å². The van der Waals surface area contributed by atoms with Gasteiger partial charge < -0.3 is 56.6 Å². The Bertz CT molecular complexity index is 2360. The van der Waals surface area contributed by atoms with Crippen molar-refractivity contribution in [2.45, 2.75) is 76.3 Å². The number of aromatic hydroxyl groups is 2. The zero-order valence-electron chi connectivity index (χ0n) is 32.2. The summed E-state index contributed by atoms with van der Waals surface area (Å²) in [5.41, 5.74) is 14.1. The van der Waals surface area contributed by atoms with E-state index in [0.717, 1.165) is 17.2 Å². The van der Waals surface area contributed by atoms with Crippen molar-refractivity contribution in [3.05, 3.63) is 122 Å². The van der Waals surface area contributed by atoms with Gasteiger partial charge in [-0.15, -0.1) is 5.92 Å². The van der Waals surface area contributed by atoms with Crippen LogP contribution in [0.5, 0.6) is 17.2 Å². The number of ether oxygens (including phenoxy) is 2. The molecule has 0 amide bonds. The van der Waals surface area contributed by atoms with E-state index in [9.17, 15) is 24.9 Å². The quantitative estimate of drug-likeness (QED) is 0.0838. The third kappa shape index (κ3) is 7.64. The van der Waals surface area contributed by atoms with Crippen molar-refractivity contribution in [3.8, 4) is 29.1 Å². The van der Waals surface area contributed by atoms with Crippen molar-refractivity contribution in [3.63, 3.8) is 0 Å². The molecule has 7 rings (SSSR count). The van der Waals surface area contributed by atoms with Crippen molar-refractivity contribution in [1.82, 2.24) is 16.0 Å². The van der Waals surface area contributed by atoms with Crippen LogP contribution in [0.2, 0.25) is 0 Å². The summed E-state index contributed by atoms with van der Waals surface area (Å²) in [7, 11) is 0. The van der Waals surface area contributed by atoms with Gasteiger partial charge in [-0.25, -0.2) is 4.79 Å². The van der Waals surface area contributed by atoms with Crippen molar-refractivity contribution >= 4 is 16.9 Å². The van der Waals surface area contributed by atoms with Gasteiger partial charge in [0.15, 0.2) is 5.43 Å².